The first kappa shape index (κ1) is 62.0. The number of nitrogens with zero attached hydrogens (tertiary/aromatic N) is 2. The van der Waals surface area contributed by atoms with E-state index in [0.29, 0.717) is 66.0 Å². The third-order valence-corrected chi connectivity index (χ3v) is 31.3. The van der Waals surface area contributed by atoms with Crippen molar-refractivity contribution >= 4 is 176 Å². The number of nitriles is 2. The SMILES string of the molecule is CCCCCCCCCCSC1=C(SCCCCCCCCCC)SC(=C2SC(SCCC#N)=C(SCCOCCOCCSC3=C(SCCC#N)SC(=C4SC5=C(S4)C(=O)c4ccccc4C5=O)S3)S2)S1. The van der Waals surface area contributed by atoms with E-state index in [-0.39, 0.29) is 11.6 Å². The molecule has 4 aliphatic heterocycles. The van der Waals surface area contributed by atoms with E-state index in [0.717, 1.165) is 30.0 Å². The van der Waals surface area contributed by atoms with Crippen LogP contribution < -0.4 is 0 Å². The second-order valence-corrected chi connectivity index (χ2v) is 34.0. The fraction of sp³-hybridized carbons (Fsp3) is 0.577. The molecular weight excluding hydrogens is 1170 g/mol. The number of carbonyl (C=O) groups is 2. The number of hydrogen-bond donors (Lipinski definition) is 0. The third-order valence-electron chi connectivity index (χ3n) is 11.0. The van der Waals surface area contributed by atoms with Gasteiger partial charge in [0, 0.05) is 47.0 Å². The van der Waals surface area contributed by atoms with Crippen LogP contribution >= 0.6 is 165 Å². The number of benzene rings is 1. The number of fused-ring (bicyclic) bond motifs is 1. The highest BCUT2D eigenvalue weighted by Crippen LogP contribution is 2.67. The summed E-state index contributed by atoms with van der Waals surface area (Å²) in [7, 11) is 0. The smallest absolute Gasteiger partial charge is 0.201 e. The lowest BCUT2D eigenvalue weighted by atomic mass is 9.94. The molecule has 0 unspecified atom stereocenters. The fourth-order valence-corrected chi connectivity index (χ4v) is 27.8. The normalized spacial score (nSPS) is 16.9. The minimum absolute atomic E-state index is 0.0744. The summed E-state index contributed by atoms with van der Waals surface area (Å²) < 4.78 is 25.0. The zero-order valence-electron chi connectivity index (χ0n) is 41.4. The van der Waals surface area contributed by atoms with E-state index in [9.17, 15) is 20.1 Å². The third kappa shape index (κ3) is 20.8. The summed E-state index contributed by atoms with van der Waals surface area (Å²) in [6, 6.07) is 11.7. The second-order valence-electron chi connectivity index (χ2n) is 16.6. The van der Waals surface area contributed by atoms with Crippen molar-refractivity contribution in [3.8, 4) is 12.1 Å². The zero-order chi connectivity index (χ0) is 50.6. The Labute approximate surface area is 490 Å². The second kappa shape index (κ2) is 36.9. The van der Waals surface area contributed by atoms with Gasteiger partial charge in [-0.15, -0.1) is 70.6 Å². The monoisotopic (exact) mass is 1230 g/mol. The largest absolute Gasteiger partial charge is 0.378 e. The Morgan fingerprint density at radius 3 is 1.06 bits per heavy atom. The quantitative estimate of drug-likeness (QED) is 0.0590. The Kier molecular flexibility index (Phi) is 31.8. The van der Waals surface area contributed by atoms with E-state index in [1.165, 1.54) is 167 Å². The first-order valence-corrected chi connectivity index (χ1v) is 37.6. The molecule has 0 spiro atoms. The molecule has 0 N–H and O–H groups in total. The lowest BCUT2D eigenvalue weighted by molar-refractivity contribution is 0.0605. The Bertz CT molecular complexity index is 2180. The van der Waals surface area contributed by atoms with Gasteiger partial charge >= 0.3 is 0 Å². The maximum Gasteiger partial charge on any atom is 0.201 e. The van der Waals surface area contributed by atoms with E-state index in [1.807, 2.05) is 70.6 Å². The Balaban J connectivity index is 0.914. The summed E-state index contributed by atoms with van der Waals surface area (Å²) in [6.07, 6.45) is 22.7. The molecule has 6 nitrogen and oxygen atoms in total. The number of carbonyl (C=O) groups excluding carboxylic acids is 2. The summed E-state index contributed by atoms with van der Waals surface area (Å²) in [4.78, 5) is 27.7. The van der Waals surface area contributed by atoms with Crippen molar-refractivity contribution in [2.75, 3.05) is 60.9 Å². The molecule has 0 saturated carbocycles. The van der Waals surface area contributed by atoms with E-state index in [2.05, 4.69) is 49.5 Å². The van der Waals surface area contributed by atoms with Gasteiger partial charge in [0.1, 0.15) is 0 Å². The molecule has 4 heterocycles. The number of hydrogen-bond acceptors (Lipinski definition) is 20. The van der Waals surface area contributed by atoms with E-state index in [1.54, 1.807) is 71.3 Å². The first-order chi connectivity index (χ1) is 35.4. The van der Waals surface area contributed by atoms with Gasteiger partial charge in [0.2, 0.25) is 11.6 Å². The van der Waals surface area contributed by atoms with Gasteiger partial charge in [0.25, 0.3) is 0 Å². The summed E-state index contributed by atoms with van der Waals surface area (Å²) >= 11 is 25.4. The Morgan fingerprint density at radius 1 is 0.403 bits per heavy atom. The number of thioether (sulfide) groups is 14. The minimum atomic E-state index is -0.0744. The predicted molar refractivity (Wildman–Crippen MR) is 340 cm³/mol. The Morgan fingerprint density at radius 2 is 0.708 bits per heavy atom. The van der Waals surface area contributed by atoms with E-state index >= 15 is 0 Å². The van der Waals surface area contributed by atoms with Crippen molar-refractivity contribution < 1.29 is 19.1 Å². The topological polar surface area (TPSA) is 100 Å². The number of unbranched alkanes of at least 4 members (excludes halogenated alkanes) is 14. The maximum atomic E-state index is 13.3. The molecule has 20 heteroatoms. The lowest BCUT2D eigenvalue weighted by Crippen LogP contribution is -2.17. The molecular formula is C52H66N2O4S14. The summed E-state index contributed by atoms with van der Waals surface area (Å²) in [5.74, 6) is 5.42. The van der Waals surface area contributed by atoms with Gasteiger partial charge in [-0.1, -0.05) is 222 Å². The van der Waals surface area contributed by atoms with Crippen LogP contribution in [0, 0.1) is 22.7 Å². The standard InChI is InChI=1S/C52H66N2O4S14/c1-3-5-7-9-11-13-15-19-31-59-43-44(60-32-20-16-14-12-10-8-6-4-2)69-51(68-43)52-70-46(62-34-22-26-54)48(72-52)64-36-30-58-28-27-57-29-35-63-47-45(61-33-21-25-53)67-50(71-47)49-65-41-39(55)37-23-17-18-24-38(37)40(56)42(41)66-49/h17-18,23-24H,3-16,19-22,27-36H2,1-2H3. The summed E-state index contributed by atoms with van der Waals surface area (Å²) in [5, 5.41) is 18.5. The molecule has 72 heavy (non-hydrogen) atoms. The van der Waals surface area contributed by atoms with Crippen LogP contribution in [0.25, 0.3) is 0 Å². The molecule has 1 aliphatic carbocycles. The van der Waals surface area contributed by atoms with Crippen LogP contribution in [0.3, 0.4) is 0 Å². The van der Waals surface area contributed by atoms with Crippen molar-refractivity contribution in [3.05, 3.63) is 87.6 Å². The molecule has 5 aliphatic rings. The summed E-state index contributed by atoms with van der Waals surface area (Å²) in [6.45, 7) is 6.88. The van der Waals surface area contributed by atoms with Crippen LogP contribution in [-0.4, -0.2) is 72.5 Å². The number of allylic oxidation sites excluding steroid dienone is 2. The van der Waals surface area contributed by atoms with Crippen LogP contribution in [0.4, 0.5) is 0 Å². The number of ketones is 2. The van der Waals surface area contributed by atoms with Gasteiger partial charge in [0.05, 0.1) is 90.7 Å². The van der Waals surface area contributed by atoms with E-state index in [4.69, 9.17) is 9.47 Å². The fourth-order valence-electron chi connectivity index (χ4n) is 7.29. The van der Waals surface area contributed by atoms with Gasteiger partial charge in [0.15, 0.2) is 0 Å². The molecule has 0 fully saturated rings. The molecule has 0 saturated heterocycles. The molecule has 1 aromatic carbocycles. The molecule has 0 amide bonds. The molecule has 1 aromatic rings. The van der Waals surface area contributed by atoms with Crippen LogP contribution in [0.1, 0.15) is 150 Å². The summed E-state index contributed by atoms with van der Waals surface area (Å²) in [5.41, 5.74) is 0.967. The zero-order valence-corrected chi connectivity index (χ0v) is 52.8. The van der Waals surface area contributed by atoms with E-state index < -0.39 is 0 Å². The number of ether oxygens (including phenoxy) is 2. The van der Waals surface area contributed by atoms with Crippen LogP contribution in [0.15, 0.2) is 76.4 Å². The lowest BCUT2D eigenvalue weighted by Gasteiger charge is -2.13. The Hall–Kier alpha value is 0.800. The van der Waals surface area contributed by atoms with Crippen molar-refractivity contribution in [2.45, 2.75) is 129 Å². The van der Waals surface area contributed by atoms with Crippen molar-refractivity contribution in [3.63, 3.8) is 0 Å². The molecule has 0 atom stereocenters. The van der Waals surface area contributed by atoms with Crippen molar-refractivity contribution in [1.82, 2.24) is 0 Å². The predicted octanol–water partition coefficient (Wildman–Crippen LogP) is 20.4. The molecule has 0 radical (unpaired) electrons. The highest BCUT2D eigenvalue weighted by Gasteiger charge is 2.40. The van der Waals surface area contributed by atoms with Crippen LogP contribution in [0.2, 0.25) is 0 Å². The van der Waals surface area contributed by atoms with Gasteiger partial charge in [-0.05, 0) is 24.3 Å². The maximum absolute atomic E-state index is 13.3. The van der Waals surface area contributed by atoms with Crippen LogP contribution in [-0.2, 0) is 9.47 Å². The molecule has 392 valence electrons. The molecule has 0 aromatic heterocycles. The van der Waals surface area contributed by atoms with Crippen LogP contribution in [0.5, 0.6) is 0 Å². The highest BCUT2D eigenvalue weighted by atomic mass is 32.3. The average molecular weight is 1230 g/mol. The molecule has 6 rings (SSSR count). The average Bonchev–Trinajstić information content (AvgIpc) is 4.21. The van der Waals surface area contributed by atoms with Gasteiger partial charge in [-0.2, -0.15) is 10.5 Å². The highest BCUT2D eigenvalue weighted by molar-refractivity contribution is 8.45. The van der Waals surface area contributed by atoms with Gasteiger partial charge in [-0.3, -0.25) is 9.59 Å². The number of Topliss-reactive ketones (excluding diaryl/α,β-unsaturated/α-hetero) is 2. The first-order valence-electron chi connectivity index (χ1n) is 25.2. The minimum Gasteiger partial charge on any atom is -0.378 e. The van der Waals surface area contributed by atoms with Gasteiger partial charge in [-0.25, -0.2) is 0 Å². The molecule has 0 bridgehead atoms. The van der Waals surface area contributed by atoms with Crippen molar-refractivity contribution in [2.24, 2.45) is 0 Å². The van der Waals surface area contributed by atoms with Crippen molar-refractivity contribution in [1.29, 1.82) is 10.5 Å². The van der Waals surface area contributed by atoms with Gasteiger partial charge < -0.3 is 9.47 Å². The number of rotatable bonds is 37.